The van der Waals surface area contributed by atoms with Gasteiger partial charge in [0.05, 0.1) is 36.6 Å². The zero-order chi connectivity index (χ0) is 26.6. The molecule has 1 amide bonds. The summed E-state index contributed by atoms with van der Waals surface area (Å²) in [6, 6.07) is 8.76. The van der Waals surface area contributed by atoms with Gasteiger partial charge >= 0.3 is 6.61 Å². The van der Waals surface area contributed by atoms with Crippen molar-refractivity contribution in [2.75, 3.05) is 20.3 Å². The van der Waals surface area contributed by atoms with Crippen molar-refractivity contribution in [2.24, 2.45) is 0 Å². The van der Waals surface area contributed by atoms with Crippen LogP contribution in [0.25, 0.3) is 5.52 Å². The summed E-state index contributed by atoms with van der Waals surface area (Å²) in [6.45, 7) is -3.16. The summed E-state index contributed by atoms with van der Waals surface area (Å²) in [6.07, 6.45) is 5.33. The number of nitrogens with zero attached hydrogens (tertiary/aromatic N) is 3. The fourth-order valence-corrected chi connectivity index (χ4v) is 6.50. The number of fused-ring (bicyclic) bond motifs is 9. The van der Waals surface area contributed by atoms with Gasteiger partial charge in [0.25, 0.3) is 5.91 Å². The van der Waals surface area contributed by atoms with Gasteiger partial charge in [0.15, 0.2) is 0 Å². The average molecular weight is 528 g/mol. The number of benzene rings is 1. The molecule has 2 N–H and O–H groups in total. The van der Waals surface area contributed by atoms with Crippen LogP contribution in [0.15, 0.2) is 36.5 Å². The molecule has 6 rings (SSSR count). The minimum Gasteiger partial charge on any atom is -0.434 e. The Morgan fingerprint density at radius 2 is 1.95 bits per heavy atom. The monoisotopic (exact) mass is 527 g/mol. The first-order valence-electron chi connectivity index (χ1n) is 13.1. The molecule has 0 saturated heterocycles. The molecule has 2 bridgehead atoms. The third-order valence-electron chi connectivity index (χ3n) is 8.38. The van der Waals surface area contributed by atoms with E-state index in [1.54, 1.807) is 24.1 Å². The highest BCUT2D eigenvalue weighted by atomic mass is 19.3. The molecule has 1 aromatic carbocycles. The molecule has 0 unspecified atom stereocenters. The zero-order valence-electron chi connectivity index (χ0n) is 21.1. The number of ether oxygens (including phenoxy) is 2. The fourth-order valence-electron chi connectivity index (χ4n) is 6.50. The maximum atomic E-state index is 13.3. The first-order valence-corrected chi connectivity index (χ1v) is 13.1. The maximum absolute atomic E-state index is 13.3. The Labute approximate surface area is 218 Å². The molecule has 3 atom stereocenters. The molecule has 2 aromatic heterocycles. The van der Waals surface area contributed by atoms with E-state index >= 15 is 0 Å². The molecule has 8 nitrogen and oxygen atoms in total. The minimum atomic E-state index is -2.99. The predicted octanol–water partition coefficient (Wildman–Crippen LogP) is 3.99. The molecule has 38 heavy (non-hydrogen) atoms. The Morgan fingerprint density at radius 1 is 1.16 bits per heavy atom. The molecule has 0 spiro atoms. The van der Waals surface area contributed by atoms with Gasteiger partial charge in [-0.15, -0.1) is 0 Å². The molecule has 0 radical (unpaired) electrons. The smallest absolute Gasteiger partial charge is 0.387 e. The van der Waals surface area contributed by atoms with Crippen LogP contribution in [-0.2, 0) is 4.74 Å². The first kappa shape index (κ1) is 25.2. The summed E-state index contributed by atoms with van der Waals surface area (Å²) in [5, 5.41) is 23.4. The van der Waals surface area contributed by atoms with Crippen molar-refractivity contribution >= 4 is 11.4 Å². The van der Waals surface area contributed by atoms with Gasteiger partial charge in [0.1, 0.15) is 11.9 Å². The van der Waals surface area contributed by atoms with Crippen molar-refractivity contribution in [3.63, 3.8) is 0 Å². The van der Waals surface area contributed by atoms with Crippen molar-refractivity contribution in [3.8, 4) is 5.75 Å². The molecule has 3 aliphatic rings. The number of alkyl halides is 2. The average Bonchev–Trinajstić information content (AvgIpc) is 3.44. The summed E-state index contributed by atoms with van der Waals surface area (Å²) in [5.74, 6) is -0.131. The maximum Gasteiger partial charge on any atom is 0.387 e. The summed E-state index contributed by atoms with van der Waals surface area (Å²) >= 11 is 0. The van der Waals surface area contributed by atoms with Crippen LogP contribution >= 0.6 is 0 Å². The van der Waals surface area contributed by atoms with Gasteiger partial charge in [0.2, 0.25) is 0 Å². The number of rotatable bonds is 7. The van der Waals surface area contributed by atoms with Crippen molar-refractivity contribution in [1.29, 1.82) is 0 Å². The molecule has 1 fully saturated rings. The lowest BCUT2D eigenvalue weighted by Gasteiger charge is -2.29. The van der Waals surface area contributed by atoms with Crippen LogP contribution in [0.1, 0.15) is 82.7 Å². The molecule has 3 aromatic rings. The summed E-state index contributed by atoms with van der Waals surface area (Å²) < 4.78 is 39.1. The van der Waals surface area contributed by atoms with Crippen LogP contribution in [-0.4, -0.2) is 69.7 Å². The van der Waals surface area contributed by atoms with Crippen LogP contribution in [0.5, 0.6) is 5.75 Å². The first-order chi connectivity index (χ1) is 18.4. The minimum absolute atomic E-state index is 0.0397. The normalized spacial score (nSPS) is 25.4. The molecule has 2 aliphatic carbocycles. The Kier molecular flexibility index (Phi) is 6.57. The Bertz CT molecular complexity index is 1350. The van der Waals surface area contributed by atoms with Gasteiger partial charge in [-0.2, -0.15) is 13.9 Å². The lowest BCUT2D eigenvalue weighted by molar-refractivity contribution is -0.0505. The third-order valence-corrected chi connectivity index (χ3v) is 8.38. The van der Waals surface area contributed by atoms with Crippen molar-refractivity contribution in [2.45, 2.75) is 68.8 Å². The fraction of sp³-hybridized carbons (Fsp3) is 0.500. The lowest BCUT2D eigenvalue weighted by Crippen LogP contribution is -2.30. The van der Waals surface area contributed by atoms with Crippen molar-refractivity contribution in [1.82, 2.24) is 14.5 Å². The third kappa shape index (κ3) is 4.24. The Hall–Kier alpha value is -3.08. The van der Waals surface area contributed by atoms with E-state index in [1.807, 2.05) is 10.7 Å². The second kappa shape index (κ2) is 9.91. The number of aromatic nitrogens is 2. The van der Waals surface area contributed by atoms with Crippen LogP contribution in [0, 0.1) is 0 Å². The van der Waals surface area contributed by atoms with E-state index in [1.165, 1.54) is 11.6 Å². The number of hydrogen-bond acceptors (Lipinski definition) is 6. The van der Waals surface area contributed by atoms with Gasteiger partial charge in [-0.25, -0.2) is 4.52 Å². The number of carbonyl (C=O) groups excluding carboxylic acids is 1. The number of pyridine rings is 1. The van der Waals surface area contributed by atoms with Gasteiger partial charge in [-0.3, -0.25) is 4.79 Å². The standard InChI is InChI=1S/C28H31F2N3O5/c1-32-22-12-20(24-19(27(32)36)3-2-4-23(24)38-28(29)30)25-21-11-16(9-10-33(21)31-26(22)25)15-5-7-18(8-6-15)37-14-17(35)13-34/h2-4,9-11,15,17-18,20,22,28,34-35H,5-8,12-14H2,1H3/t15?,17-,18?,20+,22+/m0/s1. The second-order valence-electron chi connectivity index (χ2n) is 10.5. The van der Waals surface area contributed by atoms with E-state index in [9.17, 15) is 18.7 Å². The van der Waals surface area contributed by atoms with Crippen LogP contribution < -0.4 is 4.74 Å². The second-order valence-corrected chi connectivity index (χ2v) is 10.5. The van der Waals surface area contributed by atoms with Gasteiger partial charge < -0.3 is 24.6 Å². The Balaban J connectivity index is 1.34. The lowest BCUT2D eigenvalue weighted by atomic mass is 9.82. The van der Waals surface area contributed by atoms with E-state index in [4.69, 9.17) is 19.7 Å². The number of amides is 1. The van der Waals surface area contributed by atoms with Gasteiger partial charge in [0, 0.05) is 35.9 Å². The van der Waals surface area contributed by atoms with E-state index in [0.29, 0.717) is 23.5 Å². The van der Waals surface area contributed by atoms with E-state index in [0.717, 1.165) is 42.5 Å². The zero-order valence-corrected chi connectivity index (χ0v) is 21.1. The highest BCUT2D eigenvalue weighted by Gasteiger charge is 2.46. The summed E-state index contributed by atoms with van der Waals surface area (Å²) in [7, 11) is 1.74. The van der Waals surface area contributed by atoms with Gasteiger partial charge in [-0.05, 0) is 67.9 Å². The molecule has 1 saturated carbocycles. The van der Waals surface area contributed by atoms with Gasteiger partial charge in [-0.1, -0.05) is 6.07 Å². The molecule has 10 heteroatoms. The van der Waals surface area contributed by atoms with Crippen molar-refractivity contribution in [3.05, 3.63) is 64.5 Å². The van der Waals surface area contributed by atoms with E-state index < -0.39 is 12.7 Å². The predicted molar refractivity (Wildman–Crippen MR) is 134 cm³/mol. The number of aliphatic hydroxyl groups excluding tert-OH is 2. The molecule has 202 valence electrons. The largest absolute Gasteiger partial charge is 0.434 e. The van der Waals surface area contributed by atoms with E-state index in [-0.39, 0.29) is 42.9 Å². The number of hydrogen-bond donors (Lipinski definition) is 2. The summed E-state index contributed by atoms with van der Waals surface area (Å²) in [5.41, 5.74) is 4.79. The van der Waals surface area contributed by atoms with Crippen LogP contribution in [0.3, 0.4) is 0 Å². The number of aliphatic hydroxyl groups is 2. The number of halogens is 2. The van der Waals surface area contributed by atoms with Crippen LogP contribution in [0.2, 0.25) is 0 Å². The molecular weight excluding hydrogens is 496 g/mol. The van der Waals surface area contributed by atoms with E-state index in [2.05, 4.69) is 12.1 Å². The number of carbonyl (C=O) groups is 1. The Morgan fingerprint density at radius 3 is 2.68 bits per heavy atom. The molecule has 1 aliphatic heterocycles. The van der Waals surface area contributed by atoms with Crippen molar-refractivity contribution < 1.29 is 33.3 Å². The van der Waals surface area contributed by atoms with Crippen LogP contribution in [0.4, 0.5) is 8.78 Å². The quantitative estimate of drug-likeness (QED) is 0.482. The highest BCUT2D eigenvalue weighted by Crippen LogP contribution is 2.53. The topological polar surface area (TPSA) is 96.5 Å². The summed E-state index contributed by atoms with van der Waals surface area (Å²) in [4.78, 5) is 15.0. The molecule has 3 heterocycles. The SMILES string of the molecule is CN1C(=O)c2cccc(OC(F)F)c2[C@H]2C[C@@H]1c1nn3ccc(C4CCC(OC[C@@H](O)CO)CC4)cc3c12. The highest BCUT2D eigenvalue weighted by molar-refractivity contribution is 5.98. The molecular formula is C28H31F2N3O5.